The van der Waals surface area contributed by atoms with Crippen molar-refractivity contribution >= 4 is 28.9 Å². The lowest BCUT2D eigenvalue weighted by molar-refractivity contribution is 1.12. The average molecular weight is 198 g/mol. The first-order chi connectivity index (χ1) is 6.31. The van der Waals surface area contributed by atoms with Gasteiger partial charge >= 0.3 is 0 Å². The standard InChI is InChI=1S/C6H4ClN5O/c7-12-6-10-4-3(5(13)11-6)8-1-2-9-4/h1-2H,(H2,9,10,11,12,13). The molecule has 0 spiro atoms. The van der Waals surface area contributed by atoms with Crippen LogP contribution in [0, 0.1) is 0 Å². The number of hydrogen-bond donors (Lipinski definition) is 2. The lowest BCUT2D eigenvalue weighted by Crippen LogP contribution is -2.11. The molecule has 2 heterocycles. The van der Waals surface area contributed by atoms with Crippen LogP contribution in [0.15, 0.2) is 17.2 Å². The van der Waals surface area contributed by atoms with Crippen LogP contribution < -0.4 is 10.4 Å². The van der Waals surface area contributed by atoms with Gasteiger partial charge in [-0.25, -0.2) is 9.97 Å². The predicted octanol–water partition coefficient (Wildman–Crippen LogP) is 0.279. The van der Waals surface area contributed by atoms with Crippen LogP contribution in [0.2, 0.25) is 0 Å². The Kier molecular flexibility index (Phi) is 1.82. The zero-order chi connectivity index (χ0) is 9.26. The third kappa shape index (κ3) is 1.31. The molecule has 13 heavy (non-hydrogen) atoms. The lowest BCUT2D eigenvalue weighted by Gasteiger charge is -1.97. The number of anilines is 1. The van der Waals surface area contributed by atoms with E-state index in [1.54, 1.807) is 0 Å². The summed E-state index contributed by atoms with van der Waals surface area (Å²) in [6, 6.07) is 0. The highest BCUT2D eigenvalue weighted by molar-refractivity contribution is 6.23. The monoisotopic (exact) mass is 197 g/mol. The highest BCUT2D eigenvalue weighted by Crippen LogP contribution is 2.01. The molecule has 0 atom stereocenters. The molecule has 0 aliphatic heterocycles. The zero-order valence-corrected chi connectivity index (χ0v) is 7.04. The summed E-state index contributed by atoms with van der Waals surface area (Å²) in [5, 5.41) is 0. The van der Waals surface area contributed by atoms with Gasteiger partial charge in [0.15, 0.2) is 11.2 Å². The SMILES string of the molecule is O=c1[nH]c(NCl)nc2nccnc12. The van der Waals surface area contributed by atoms with Gasteiger partial charge < -0.3 is 0 Å². The Morgan fingerprint density at radius 1 is 1.38 bits per heavy atom. The summed E-state index contributed by atoms with van der Waals surface area (Å²) in [6.07, 6.45) is 2.87. The van der Waals surface area contributed by atoms with Crippen molar-refractivity contribution in [2.75, 3.05) is 4.84 Å². The van der Waals surface area contributed by atoms with E-state index in [0.29, 0.717) is 0 Å². The molecule has 6 nitrogen and oxygen atoms in total. The Bertz CT molecular complexity index is 496. The summed E-state index contributed by atoms with van der Waals surface area (Å²) in [4.78, 5) is 27.4. The molecule has 2 N–H and O–H groups in total. The van der Waals surface area contributed by atoms with Gasteiger partial charge in [0.1, 0.15) is 0 Å². The van der Waals surface area contributed by atoms with Crippen molar-refractivity contribution in [1.29, 1.82) is 0 Å². The summed E-state index contributed by atoms with van der Waals surface area (Å²) in [5.74, 6) is 0.152. The molecule has 66 valence electrons. The van der Waals surface area contributed by atoms with Gasteiger partial charge in [-0.3, -0.25) is 14.6 Å². The fourth-order valence-electron chi connectivity index (χ4n) is 0.918. The van der Waals surface area contributed by atoms with E-state index in [9.17, 15) is 4.79 Å². The molecule has 2 aromatic heterocycles. The van der Waals surface area contributed by atoms with E-state index in [1.807, 2.05) is 0 Å². The minimum atomic E-state index is -0.374. The maximum atomic E-state index is 11.3. The van der Waals surface area contributed by atoms with Crippen LogP contribution in [0.5, 0.6) is 0 Å². The lowest BCUT2D eigenvalue weighted by atomic mass is 10.5. The van der Waals surface area contributed by atoms with E-state index in [2.05, 4.69) is 24.8 Å². The highest BCUT2D eigenvalue weighted by Gasteiger charge is 2.03. The summed E-state index contributed by atoms with van der Waals surface area (Å²) in [7, 11) is 0. The summed E-state index contributed by atoms with van der Waals surface area (Å²) in [5.41, 5.74) is 0.0776. The quantitative estimate of drug-likeness (QED) is 0.642. The summed E-state index contributed by atoms with van der Waals surface area (Å²) < 4.78 is 0. The van der Waals surface area contributed by atoms with Crippen LogP contribution in [0.1, 0.15) is 0 Å². The second-order valence-corrected chi connectivity index (χ2v) is 2.43. The summed E-state index contributed by atoms with van der Waals surface area (Å²) >= 11 is 5.27. The number of hydrogen-bond acceptors (Lipinski definition) is 5. The van der Waals surface area contributed by atoms with Crippen LogP contribution in [0.3, 0.4) is 0 Å². The van der Waals surface area contributed by atoms with Gasteiger partial charge in [0.25, 0.3) is 5.56 Å². The maximum absolute atomic E-state index is 11.3. The Hall–Kier alpha value is -1.69. The van der Waals surface area contributed by atoms with Crippen molar-refractivity contribution in [3.63, 3.8) is 0 Å². The van der Waals surface area contributed by atoms with Crippen molar-refractivity contribution < 1.29 is 0 Å². The Morgan fingerprint density at radius 3 is 2.92 bits per heavy atom. The van der Waals surface area contributed by atoms with E-state index in [1.165, 1.54) is 12.4 Å². The number of halogens is 1. The Labute approximate surface area is 77.1 Å². The molecular weight excluding hydrogens is 194 g/mol. The van der Waals surface area contributed by atoms with Crippen molar-refractivity contribution in [2.24, 2.45) is 0 Å². The second kappa shape index (κ2) is 2.98. The molecule has 0 amide bonds. The van der Waals surface area contributed by atoms with Gasteiger partial charge in [-0.05, 0) is 0 Å². The van der Waals surface area contributed by atoms with Crippen LogP contribution >= 0.6 is 11.8 Å². The summed E-state index contributed by atoms with van der Waals surface area (Å²) in [6.45, 7) is 0. The van der Waals surface area contributed by atoms with Crippen LogP contribution in [-0.2, 0) is 0 Å². The molecular formula is C6H4ClN5O. The smallest absolute Gasteiger partial charge is 0.280 e. The third-order valence-electron chi connectivity index (χ3n) is 1.43. The molecule has 0 saturated heterocycles. The van der Waals surface area contributed by atoms with Gasteiger partial charge in [0.2, 0.25) is 5.95 Å². The first kappa shape index (κ1) is 7.93. The minimum absolute atomic E-state index is 0.152. The fraction of sp³-hybridized carbons (Fsp3) is 0. The fourth-order valence-corrected chi connectivity index (χ4v) is 1.01. The van der Waals surface area contributed by atoms with E-state index < -0.39 is 0 Å². The van der Waals surface area contributed by atoms with Crippen molar-refractivity contribution in [3.05, 3.63) is 22.7 Å². The van der Waals surface area contributed by atoms with Crippen molar-refractivity contribution in [3.8, 4) is 0 Å². The minimum Gasteiger partial charge on any atom is -0.290 e. The molecule has 2 rings (SSSR count). The molecule has 7 heteroatoms. The first-order valence-corrected chi connectivity index (χ1v) is 3.77. The first-order valence-electron chi connectivity index (χ1n) is 3.39. The van der Waals surface area contributed by atoms with Crippen LogP contribution in [0.4, 0.5) is 5.95 Å². The van der Waals surface area contributed by atoms with Gasteiger partial charge in [0.05, 0.1) is 0 Å². The Balaban J connectivity index is 2.85. The molecule has 0 fully saturated rings. The number of aromatic nitrogens is 4. The molecule has 0 aromatic carbocycles. The molecule has 2 aromatic rings. The molecule has 0 bridgehead atoms. The van der Waals surface area contributed by atoms with E-state index >= 15 is 0 Å². The topological polar surface area (TPSA) is 83.6 Å². The van der Waals surface area contributed by atoms with Gasteiger partial charge in [-0.2, -0.15) is 4.98 Å². The van der Waals surface area contributed by atoms with E-state index in [-0.39, 0.29) is 22.7 Å². The zero-order valence-electron chi connectivity index (χ0n) is 6.28. The average Bonchev–Trinajstić information content (AvgIpc) is 2.18. The normalized spacial score (nSPS) is 10.2. The number of nitrogens with zero attached hydrogens (tertiary/aromatic N) is 3. The van der Waals surface area contributed by atoms with Gasteiger partial charge in [-0.1, -0.05) is 0 Å². The molecule has 0 unspecified atom stereocenters. The van der Waals surface area contributed by atoms with Crippen LogP contribution in [0.25, 0.3) is 11.2 Å². The van der Waals surface area contributed by atoms with E-state index in [4.69, 9.17) is 11.8 Å². The van der Waals surface area contributed by atoms with Gasteiger partial charge in [-0.15, -0.1) is 0 Å². The highest BCUT2D eigenvalue weighted by atomic mass is 35.5. The maximum Gasteiger partial charge on any atom is 0.280 e. The second-order valence-electron chi connectivity index (χ2n) is 2.24. The van der Waals surface area contributed by atoms with Gasteiger partial charge in [0, 0.05) is 24.2 Å². The number of aromatic amines is 1. The van der Waals surface area contributed by atoms with E-state index in [0.717, 1.165) is 0 Å². The van der Waals surface area contributed by atoms with Crippen LogP contribution in [-0.4, -0.2) is 19.9 Å². The predicted molar refractivity (Wildman–Crippen MR) is 47.4 cm³/mol. The van der Waals surface area contributed by atoms with Crippen molar-refractivity contribution in [2.45, 2.75) is 0 Å². The number of H-pyrrole nitrogens is 1. The third-order valence-corrected chi connectivity index (χ3v) is 1.61. The molecule has 0 saturated carbocycles. The Morgan fingerprint density at radius 2 is 2.15 bits per heavy atom. The van der Waals surface area contributed by atoms with Crippen molar-refractivity contribution in [1.82, 2.24) is 19.9 Å². The largest absolute Gasteiger partial charge is 0.290 e. The molecule has 0 aliphatic rings. The molecule has 0 radical (unpaired) electrons. The number of rotatable bonds is 1. The number of fused-ring (bicyclic) bond motifs is 1. The molecule has 0 aliphatic carbocycles. The number of nitrogens with one attached hydrogen (secondary N) is 2.